The van der Waals surface area contributed by atoms with Crippen molar-refractivity contribution in [2.75, 3.05) is 0 Å². The predicted molar refractivity (Wildman–Crippen MR) is 132 cm³/mol. The molecule has 0 spiro atoms. The normalized spacial score (nSPS) is 15.1. The Kier molecular flexibility index (Phi) is 8.31. The number of hydrogen-bond acceptors (Lipinski definition) is 8. The zero-order chi connectivity index (χ0) is 25.5. The van der Waals surface area contributed by atoms with Gasteiger partial charge >= 0.3 is 13.1 Å². The van der Waals surface area contributed by atoms with Gasteiger partial charge in [0.05, 0.1) is 18.3 Å². The minimum absolute atomic E-state index is 0.0291. The molecule has 0 aliphatic heterocycles. The first kappa shape index (κ1) is 25.8. The number of benzene rings is 2. The second-order valence-electron chi connectivity index (χ2n) is 8.69. The third kappa shape index (κ3) is 7.34. The average Bonchev–Trinajstić information content (AvgIpc) is 3.69. The van der Waals surface area contributed by atoms with Crippen molar-refractivity contribution < 1.29 is 28.0 Å². The van der Waals surface area contributed by atoms with E-state index in [-0.39, 0.29) is 17.3 Å². The van der Waals surface area contributed by atoms with Crippen LogP contribution in [0.5, 0.6) is 11.8 Å². The van der Waals surface area contributed by atoms with Gasteiger partial charge in [-0.05, 0) is 36.5 Å². The number of aromatic nitrogens is 2. The maximum atomic E-state index is 13.1. The summed E-state index contributed by atoms with van der Waals surface area (Å²) in [6.45, 7) is 0. The number of nitrogens with zero attached hydrogens (tertiary/aromatic N) is 2. The second-order valence-corrected chi connectivity index (χ2v) is 10.4. The first-order chi connectivity index (χ1) is 17.3. The summed E-state index contributed by atoms with van der Waals surface area (Å²) in [5, 5.41) is 22.1. The molecule has 1 aromatic heterocycles. The molecule has 0 unspecified atom stereocenters. The Morgan fingerprint density at radius 1 is 1.03 bits per heavy atom. The van der Waals surface area contributed by atoms with E-state index in [0.29, 0.717) is 18.1 Å². The van der Waals surface area contributed by atoms with Crippen LogP contribution in [0.2, 0.25) is 0 Å². The highest BCUT2D eigenvalue weighted by Gasteiger charge is 2.35. The highest BCUT2D eigenvalue weighted by molar-refractivity contribution is 7.89. The summed E-state index contributed by atoms with van der Waals surface area (Å²) in [4.78, 5) is 20.8. The maximum Gasteiger partial charge on any atom is 0.475 e. The van der Waals surface area contributed by atoms with Gasteiger partial charge in [-0.25, -0.2) is 18.4 Å². The fourth-order valence-electron chi connectivity index (χ4n) is 3.63. The van der Waals surface area contributed by atoms with Crippen molar-refractivity contribution >= 4 is 23.0 Å². The SMILES string of the molecule is O=C(N[C@@H](CC1CC1)B(O)O)[C@H](Cc1ccccc1)NS(=O)(=O)c1cnc(Oc2ccccc2)nc1. The van der Waals surface area contributed by atoms with Crippen LogP contribution >= 0.6 is 0 Å². The quantitative estimate of drug-likeness (QED) is 0.268. The third-order valence-electron chi connectivity index (χ3n) is 5.74. The Hall–Kier alpha value is -3.32. The Labute approximate surface area is 210 Å². The molecular formula is C24H27BN4O6S. The first-order valence-corrected chi connectivity index (χ1v) is 13.1. The van der Waals surface area contributed by atoms with Gasteiger partial charge in [-0.15, -0.1) is 0 Å². The second kappa shape index (κ2) is 11.6. The van der Waals surface area contributed by atoms with Gasteiger partial charge in [-0.1, -0.05) is 61.4 Å². The molecule has 12 heteroatoms. The Balaban J connectivity index is 1.50. The third-order valence-corrected chi connectivity index (χ3v) is 7.16. The molecule has 1 heterocycles. The lowest BCUT2D eigenvalue weighted by Gasteiger charge is -2.23. The lowest BCUT2D eigenvalue weighted by Crippen LogP contribution is -2.54. The van der Waals surface area contributed by atoms with E-state index in [4.69, 9.17) is 4.74 Å². The summed E-state index contributed by atoms with van der Waals surface area (Å²) in [6, 6.07) is 16.5. The molecule has 0 saturated heterocycles. The predicted octanol–water partition coefficient (Wildman–Crippen LogP) is 1.46. The zero-order valence-electron chi connectivity index (χ0n) is 19.4. The smallest absolute Gasteiger partial charge is 0.426 e. The van der Waals surface area contributed by atoms with E-state index in [9.17, 15) is 23.3 Å². The van der Waals surface area contributed by atoms with Crippen molar-refractivity contribution in [3.63, 3.8) is 0 Å². The molecule has 3 aromatic rings. The first-order valence-electron chi connectivity index (χ1n) is 11.6. The number of ether oxygens (including phenoxy) is 1. The van der Waals surface area contributed by atoms with E-state index >= 15 is 0 Å². The molecule has 1 saturated carbocycles. The molecule has 1 aliphatic rings. The lowest BCUT2D eigenvalue weighted by atomic mass is 9.76. The molecule has 4 N–H and O–H groups in total. The van der Waals surface area contributed by atoms with Crippen molar-refractivity contribution in [3.8, 4) is 11.8 Å². The minimum Gasteiger partial charge on any atom is -0.426 e. The van der Waals surface area contributed by atoms with Crippen molar-refractivity contribution in [3.05, 3.63) is 78.6 Å². The maximum absolute atomic E-state index is 13.1. The molecule has 1 aliphatic carbocycles. The summed E-state index contributed by atoms with van der Waals surface area (Å²) < 4.78 is 34.1. The van der Waals surface area contributed by atoms with Gasteiger partial charge < -0.3 is 20.1 Å². The number of carbonyl (C=O) groups excluding carboxylic acids is 1. The van der Waals surface area contributed by atoms with E-state index in [1.165, 1.54) is 0 Å². The standard InChI is InChI=1S/C24H27BN4O6S/c30-23(28-22(25(31)32)14-18-11-12-18)21(13-17-7-3-1-4-8-17)29-36(33,34)20-15-26-24(27-16-20)35-19-9-5-2-6-10-19/h1-10,15-16,18,21-22,29,31-32H,11-14H2,(H,28,30)/t21-,22-/m0/s1. The van der Waals surface area contributed by atoms with Crippen molar-refractivity contribution in [2.24, 2.45) is 5.92 Å². The Morgan fingerprint density at radius 3 is 2.22 bits per heavy atom. The highest BCUT2D eigenvalue weighted by Crippen LogP contribution is 2.33. The minimum atomic E-state index is -4.20. The van der Waals surface area contributed by atoms with Crippen molar-refractivity contribution in [2.45, 2.75) is 42.6 Å². The summed E-state index contributed by atoms with van der Waals surface area (Å²) in [6.07, 6.45) is 4.58. The molecule has 1 amide bonds. The van der Waals surface area contributed by atoms with Crippen molar-refractivity contribution in [1.82, 2.24) is 20.0 Å². The number of amides is 1. The zero-order valence-corrected chi connectivity index (χ0v) is 20.2. The summed E-state index contributed by atoms with van der Waals surface area (Å²) in [5.74, 6) is -0.746. The number of nitrogens with one attached hydrogen (secondary N) is 2. The van der Waals surface area contributed by atoms with E-state index in [2.05, 4.69) is 20.0 Å². The highest BCUT2D eigenvalue weighted by atomic mass is 32.2. The van der Waals surface area contributed by atoms with Crippen LogP contribution in [0.4, 0.5) is 0 Å². The molecule has 2 atom stereocenters. The van der Waals surface area contributed by atoms with E-state index < -0.39 is 35.0 Å². The van der Waals surface area contributed by atoms with Crippen LogP contribution in [0.25, 0.3) is 0 Å². The molecule has 1 fully saturated rings. The largest absolute Gasteiger partial charge is 0.475 e. The fraction of sp³-hybridized carbons (Fsp3) is 0.292. The van der Waals surface area contributed by atoms with Crippen molar-refractivity contribution in [1.29, 1.82) is 0 Å². The summed E-state index contributed by atoms with van der Waals surface area (Å²) in [5.41, 5.74) is 0.728. The molecule has 188 valence electrons. The number of hydrogen-bond donors (Lipinski definition) is 4. The van der Waals surface area contributed by atoms with Crippen LogP contribution in [0.3, 0.4) is 0 Å². The fourth-order valence-corrected chi connectivity index (χ4v) is 4.72. The van der Waals surface area contributed by atoms with Gasteiger partial charge in [0.25, 0.3) is 0 Å². The van der Waals surface area contributed by atoms with Gasteiger partial charge in [-0.3, -0.25) is 4.79 Å². The summed E-state index contributed by atoms with van der Waals surface area (Å²) in [7, 11) is -5.95. The molecule has 0 bridgehead atoms. The van der Waals surface area contributed by atoms with Gasteiger partial charge in [0.2, 0.25) is 15.9 Å². The molecule has 4 rings (SSSR count). The van der Waals surface area contributed by atoms with Crippen LogP contribution in [-0.4, -0.2) is 53.4 Å². The summed E-state index contributed by atoms with van der Waals surface area (Å²) >= 11 is 0. The monoisotopic (exact) mass is 510 g/mol. The van der Waals surface area contributed by atoms with E-state index in [0.717, 1.165) is 30.8 Å². The average molecular weight is 510 g/mol. The molecule has 10 nitrogen and oxygen atoms in total. The van der Waals surface area contributed by atoms with Crippen LogP contribution in [0.1, 0.15) is 24.8 Å². The number of carbonyl (C=O) groups is 1. The number of para-hydroxylation sites is 1. The van der Waals surface area contributed by atoms with Crippen LogP contribution < -0.4 is 14.8 Å². The molecular weight excluding hydrogens is 483 g/mol. The topological polar surface area (TPSA) is 151 Å². The molecule has 36 heavy (non-hydrogen) atoms. The van der Waals surface area contributed by atoms with Gasteiger partial charge in [-0.2, -0.15) is 4.72 Å². The van der Waals surface area contributed by atoms with Crippen LogP contribution in [-0.2, 0) is 21.2 Å². The number of rotatable bonds is 12. The molecule has 0 radical (unpaired) electrons. The van der Waals surface area contributed by atoms with Gasteiger partial charge in [0.1, 0.15) is 16.7 Å². The lowest BCUT2D eigenvalue weighted by molar-refractivity contribution is -0.123. The van der Waals surface area contributed by atoms with E-state index in [1.807, 2.05) is 12.1 Å². The van der Waals surface area contributed by atoms with Crippen LogP contribution in [0, 0.1) is 5.92 Å². The van der Waals surface area contributed by atoms with Crippen LogP contribution in [0.15, 0.2) is 78.0 Å². The Morgan fingerprint density at radius 2 is 1.64 bits per heavy atom. The van der Waals surface area contributed by atoms with E-state index in [1.54, 1.807) is 48.5 Å². The Bertz CT molecular complexity index is 1240. The molecule has 2 aromatic carbocycles. The van der Waals surface area contributed by atoms with Gasteiger partial charge in [0.15, 0.2) is 0 Å². The number of sulfonamides is 1. The van der Waals surface area contributed by atoms with Gasteiger partial charge in [0, 0.05) is 0 Å².